The van der Waals surface area contributed by atoms with Crippen LogP contribution in [0.3, 0.4) is 0 Å². The highest BCUT2D eigenvalue weighted by Crippen LogP contribution is 2.32. The van der Waals surface area contributed by atoms with Gasteiger partial charge in [0.2, 0.25) is 0 Å². The summed E-state index contributed by atoms with van der Waals surface area (Å²) >= 11 is 0. The molecule has 0 aromatic heterocycles. The van der Waals surface area contributed by atoms with E-state index in [4.69, 9.17) is 0 Å². The monoisotopic (exact) mass is 264 g/mol. The maximum Gasteiger partial charge on any atom is 0.00111 e. The lowest BCUT2D eigenvalue weighted by Gasteiger charge is -2.12. The number of benzene rings is 1. The fourth-order valence-electron chi connectivity index (χ4n) is 2.45. The fraction of sp³-hybridized carbons (Fsp3) is 0.300. The van der Waals surface area contributed by atoms with E-state index in [1.807, 2.05) is 13.8 Å². The second-order valence-corrected chi connectivity index (χ2v) is 5.60. The smallest absolute Gasteiger partial charge is 0.00111 e. The van der Waals surface area contributed by atoms with Crippen LogP contribution in [0.1, 0.15) is 56.4 Å². The lowest BCUT2D eigenvalue weighted by atomic mass is 9.93. The summed E-state index contributed by atoms with van der Waals surface area (Å²) in [4.78, 5) is 0. The van der Waals surface area contributed by atoms with Gasteiger partial charge in [0.05, 0.1) is 0 Å². The summed E-state index contributed by atoms with van der Waals surface area (Å²) in [5.74, 6) is 0. The van der Waals surface area contributed by atoms with Crippen molar-refractivity contribution >= 4 is 24.3 Å². The number of hydrogen-bond donors (Lipinski definition) is 0. The molecule has 0 bridgehead atoms. The quantitative estimate of drug-likeness (QED) is 0.522. The zero-order chi connectivity index (χ0) is 14.6. The third-order valence-electron chi connectivity index (χ3n) is 3.58. The predicted molar refractivity (Wildman–Crippen MR) is 92.3 cm³/mol. The van der Waals surface area contributed by atoms with Gasteiger partial charge in [0, 0.05) is 5.41 Å². The molecule has 1 aromatic rings. The van der Waals surface area contributed by atoms with Crippen molar-refractivity contribution in [2.24, 2.45) is 5.41 Å². The zero-order valence-electron chi connectivity index (χ0n) is 13.0. The Hall–Kier alpha value is -1.82. The van der Waals surface area contributed by atoms with Crippen LogP contribution in [0.2, 0.25) is 0 Å². The van der Waals surface area contributed by atoms with Crippen LogP contribution < -0.4 is 0 Å². The van der Waals surface area contributed by atoms with Crippen molar-refractivity contribution in [2.45, 2.75) is 34.1 Å². The second-order valence-electron chi connectivity index (χ2n) is 5.60. The van der Waals surface area contributed by atoms with Crippen LogP contribution in [-0.4, -0.2) is 0 Å². The van der Waals surface area contributed by atoms with E-state index in [0.29, 0.717) is 0 Å². The van der Waals surface area contributed by atoms with Gasteiger partial charge in [0.1, 0.15) is 0 Å². The summed E-state index contributed by atoms with van der Waals surface area (Å²) in [5.41, 5.74) is 5.46. The van der Waals surface area contributed by atoms with Crippen molar-refractivity contribution in [3.8, 4) is 0 Å². The van der Waals surface area contributed by atoms with Crippen molar-refractivity contribution in [1.29, 1.82) is 0 Å². The highest BCUT2D eigenvalue weighted by molar-refractivity contribution is 5.81. The maximum absolute atomic E-state index is 2.29. The molecule has 20 heavy (non-hydrogen) atoms. The maximum atomic E-state index is 2.29. The predicted octanol–water partition coefficient (Wildman–Crippen LogP) is 6.21. The average molecular weight is 264 g/mol. The molecule has 0 heteroatoms. The standard InChI is InChI=1S/C18H18.C2H6/c1-18(2)12-10-15-9-8-14-6-4-3-5-7-16(14)17(15)11-13-18;1-2/h4-13H,3H2,1-2H3;1-2H3. The molecule has 0 N–H and O–H groups in total. The molecule has 2 aliphatic carbocycles. The minimum atomic E-state index is 0.135. The van der Waals surface area contributed by atoms with Crippen LogP contribution in [0.5, 0.6) is 0 Å². The second kappa shape index (κ2) is 6.09. The zero-order valence-corrected chi connectivity index (χ0v) is 13.0. The Morgan fingerprint density at radius 3 is 2.05 bits per heavy atom. The molecule has 0 fully saturated rings. The molecule has 1 aromatic carbocycles. The highest BCUT2D eigenvalue weighted by Gasteiger charge is 2.15. The van der Waals surface area contributed by atoms with Crippen molar-refractivity contribution in [1.82, 2.24) is 0 Å². The first-order chi connectivity index (χ1) is 9.66. The van der Waals surface area contributed by atoms with Gasteiger partial charge in [-0.15, -0.1) is 0 Å². The van der Waals surface area contributed by atoms with Gasteiger partial charge < -0.3 is 0 Å². The Morgan fingerprint density at radius 1 is 0.750 bits per heavy atom. The highest BCUT2D eigenvalue weighted by atomic mass is 14.2. The summed E-state index contributed by atoms with van der Waals surface area (Å²) in [7, 11) is 0. The molecule has 3 rings (SSSR count). The van der Waals surface area contributed by atoms with Crippen LogP contribution in [0, 0.1) is 5.41 Å². The van der Waals surface area contributed by atoms with Crippen LogP contribution in [-0.2, 0) is 0 Å². The minimum absolute atomic E-state index is 0.135. The van der Waals surface area contributed by atoms with Gasteiger partial charge in [-0.1, -0.05) is 88.4 Å². The Balaban J connectivity index is 0.000000704. The first kappa shape index (κ1) is 14.6. The molecule has 0 spiro atoms. The molecule has 0 nitrogen and oxygen atoms in total. The van der Waals surface area contributed by atoms with Gasteiger partial charge in [0.25, 0.3) is 0 Å². The SMILES string of the molecule is CC.CC1(C)C=Cc2ccc3c(c2C=C1)C=CCC=C3. The molecule has 104 valence electrons. The Bertz CT molecular complexity index is 593. The van der Waals surface area contributed by atoms with Gasteiger partial charge in [-0.3, -0.25) is 0 Å². The van der Waals surface area contributed by atoms with Crippen LogP contribution in [0.25, 0.3) is 24.3 Å². The van der Waals surface area contributed by atoms with E-state index >= 15 is 0 Å². The fourth-order valence-corrected chi connectivity index (χ4v) is 2.45. The summed E-state index contributed by atoms with van der Waals surface area (Å²) in [6, 6.07) is 4.44. The molecule has 0 atom stereocenters. The number of rotatable bonds is 0. The average Bonchev–Trinajstić information content (AvgIpc) is 2.77. The summed E-state index contributed by atoms with van der Waals surface area (Å²) in [5, 5.41) is 0. The topological polar surface area (TPSA) is 0 Å². The van der Waals surface area contributed by atoms with Crippen LogP contribution in [0.15, 0.2) is 36.4 Å². The molecular formula is C20H24. The van der Waals surface area contributed by atoms with E-state index < -0.39 is 0 Å². The number of fused-ring (bicyclic) bond motifs is 3. The van der Waals surface area contributed by atoms with E-state index in [-0.39, 0.29) is 5.41 Å². The molecular weight excluding hydrogens is 240 g/mol. The number of allylic oxidation sites excluding steroid dienone is 4. The van der Waals surface area contributed by atoms with Gasteiger partial charge in [-0.2, -0.15) is 0 Å². The Morgan fingerprint density at radius 2 is 1.30 bits per heavy atom. The van der Waals surface area contributed by atoms with E-state index in [1.165, 1.54) is 22.3 Å². The van der Waals surface area contributed by atoms with Crippen molar-refractivity contribution < 1.29 is 0 Å². The third-order valence-corrected chi connectivity index (χ3v) is 3.58. The van der Waals surface area contributed by atoms with E-state index in [9.17, 15) is 0 Å². The van der Waals surface area contributed by atoms with Crippen LogP contribution in [0.4, 0.5) is 0 Å². The lowest BCUT2D eigenvalue weighted by Crippen LogP contribution is -2.00. The molecule has 0 radical (unpaired) electrons. The third kappa shape index (κ3) is 3.01. The minimum Gasteiger partial charge on any atom is -0.0801 e. The van der Waals surface area contributed by atoms with Crippen molar-refractivity contribution in [3.05, 3.63) is 58.7 Å². The van der Waals surface area contributed by atoms with E-state index in [1.54, 1.807) is 0 Å². The molecule has 2 aliphatic rings. The van der Waals surface area contributed by atoms with Gasteiger partial charge in [0.15, 0.2) is 0 Å². The van der Waals surface area contributed by atoms with E-state index in [2.05, 4.69) is 74.6 Å². The summed E-state index contributed by atoms with van der Waals surface area (Å²) in [6.45, 7) is 8.47. The van der Waals surface area contributed by atoms with E-state index in [0.717, 1.165) is 6.42 Å². The first-order valence-electron chi connectivity index (χ1n) is 7.54. The molecule has 0 saturated carbocycles. The molecule has 0 amide bonds. The lowest BCUT2D eigenvalue weighted by molar-refractivity contribution is 0.633. The Kier molecular flexibility index (Phi) is 4.44. The summed E-state index contributed by atoms with van der Waals surface area (Å²) < 4.78 is 0. The van der Waals surface area contributed by atoms with Crippen molar-refractivity contribution in [3.63, 3.8) is 0 Å². The van der Waals surface area contributed by atoms with Gasteiger partial charge >= 0.3 is 0 Å². The first-order valence-corrected chi connectivity index (χ1v) is 7.54. The summed E-state index contributed by atoms with van der Waals surface area (Å²) in [6.07, 6.45) is 19.0. The van der Waals surface area contributed by atoms with Gasteiger partial charge in [-0.05, 0) is 28.7 Å². The molecule has 0 saturated heterocycles. The van der Waals surface area contributed by atoms with Crippen molar-refractivity contribution in [2.75, 3.05) is 0 Å². The molecule has 0 unspecified atom stereocenters. The van der Waals surface area contributed by atoms with Crippen LogP contribution >= 0.6 is 0 Å². The molecule has 0 aliphatic heterocycles. The van der Waals surface area contributed by atoms with Gasteiger partial charge in [-0.25, -0.2) is 0 Å². The Labute approximate surface area is 123 Å². The number of hydrogen-bond acceptors (Lipinski definition) is 0. The normalized spacial score (nSPS) is 17.4. The molecule has 0 heterocycles. The largest absolute Gasteiger partial charge is 0.0801 e.